The summed E-state index contributed by atoms with van der Waals surface area (Å²) >= 11 is 0. The van der Waals surface area contributed by atoms with Gasteiger partial charge in [0.15, 0.2) is 6.61 Å². The van der Waals surface area contributed by atoms with E-state index in [0.717, 1.165) is 35.8 Å². The van der Waals surface area contributed by atoms with Crippen molar-refractivity contribution in [1.82, 2.24) is 9.13 Å². The smallest absolute Gasteiger partial charge is 0.332 e. The van der Waals surface area contributed by atoms with E-state index in [1.165, 1.54) is 11.6 Å². The number of carbonyl (C=O) groups excluding carboxylic acids is 2. The van der Waals surface area contributed by atoms with Gasteiger partial charge in [0, 0.05) is 13.5 Å². The van der Waals surface area contributed by atoms with Crippen LogP contribution in [0.25, 0.3) is 0 Å². The number of ether oxygens (including phenoxy) is 1. The fraction of sp³-hybridized carbons (Fsp3) is 0.429. The molecule has 0 aliphatic heterocycles. The largest absolute Gasteiger partial charge is 0.457 e. The summed E-state index contributed by atoms with van der Waals surface area (Å²) in [7, 11) is 1.29. The SMILES string of the molecule is Cn1c(=O)c(C(=O)COC(=O)CC2CCCC2)c(N)n(Cc2ccccc2)c1=O. The molecule has 1 aromatic carbocycles. The summed E-state index contributed by atoms with van der Waals surface area (Å²) in [5, 5.41) is 0. The maximum atomic E-state index is 12.6. The predicted octanol–water partition coefficient (Wildman–Crippen LogP) is 1.48. The van der Waals surface area contributed by atoms with Gasteiger partial charge in [0.25, 0.3) is 5.56 Å². The third kappa shape index (κ3) is 4.64. The fourth-order valence-electron chi connectivity index (χ4n) is 3.69. The van der Waals surface area contributed by atoms with E-state index < -0.39 is 29.6 Å². The zero-order valence-corrected chi connectivity index (χ0v) is 16.4. The van der Waals surface area contributed by atoms with Crippen LogP contribution in [0.1, 0.15) is 48.0 Å². The highest BCUT2D eigenvalue weighted by molar-refractivity contribution is 6.01. The highest BCUT2D eigenvalue weighted by atomic mass is 16.5. The number of rotatable bonds is 7. The Balaban J connectivity index is 1.80. The molecule has 0 amide bonds. The zero-order chi connectivity index (χ0) is 21.0. The molecule has 1 aliphatic carbocycles. The second-order valence-corrected chi connectivity index (χ2v) is 7.42. The molecule has 0 spiro atoms. The van der Waals surface area contributed by atoms with Gasteiger partial charge in [-0.05, 0) is 24.3 Å². The molecule has 0 unspecified atom stereocenters. The molecule has 29 heavy (non-hydrogen) atoms. The Morgan fingerprint density at radius 3 is 2.45 bits per heavy atom. The van der Waals surface area contributed by atoms with Gasteiger partial charge in [-0.2, -0.15) is 0 Å². The number of esters is 1. The van der Waals surface area contributed by atoms with Crippen molar-refractivity contribution in [2.24, 2.45) is 13.0 Å². The lowest BCUT2D eigenvalue weighted by molar-refractivity contribution is -0.143. The monoisotopic (exact) mass is 399 g/mol. The number of aromatic nitrogens is 2. The van der Waals surface area contributed by atoms with E-state index >= 15 is 0 Å². The van der Waals surface area contributed by atoms with Crippen molar-refractivity contribution in [2.45, 2.75) is 38.6 Å². The summed E-state index contributed by atoms with van der Waals surface area (Å²) in [6.07, 6.45) is 4.45. The van der Waals surface area contributed by atoms with Crippen LogP contribution in [0, 0.1) is 5.92 Å². The molecule has 0 atom stereocenters. The van der Waals surface area contributed by atoms with Crippen LogP contribution < -0.4 is 17.0 Å². The van der Waals surface area contributed by atoms with Crippen LogP contribution in [-0.4, -0.2) is 27.5 Å². The minimum atomic E-state index is -0.798. The first-order valence-corrected chi connectivity index (χ1v) is 9.70. The number of hydrogen-bond donors (Lipinski definition) is 1. The van der Waals surface area contributed by atoms with Crippen LogP contribution in [0.3, 0.4) is 0 Å². The van der Waals surface area contributed by atoms with Gasteiger partial charge in [-0.15, -0.1) is 0 Å². The molecule has 1 fully saturated rings. The van der Waals surface area contributed by atoms with Crippen molar-refractivity contribution >= 4 is 17.6 Å². The maximum Gasteiger partial charge on any atom is 0.332 e. The Morgan fingerprint density at radius 1 is 1.14 bits per heavy atom. The van der Waals surface area contributed by atoms with Gasteiger partial charge in [-0.25, -0.2) is 4.79 Å². The van der Waals surface area contributed by atoms with Crippen molar-refractivity contribution in [3.63, 3.8) is 0 Å². The minimum Gasteiger partial charge on any atom is -0.457 e. The third-order valence-electron chi connectivity index (χ3n) is 5.34. The molecule has 2 N–H and O–H groups in total. The zero-order valence-electron chi connectivity index (χ0n) is 16.4. The lowest BCUT2D eigenvalue weighted by atomic mass is 10.0. The molecule has 8 heteroatoms. The highest BCUT2D eigenvalue weighted by Crippen LogP contribution is 2.27. The van der Waals surface area contributed by atoms with Gasteiger partial charge in [0.1, 0.15) is 11.4 Å². The summed E-state index contributed by atoms with van der Waals surface area (Å²) in [5.41, 5.74) is 5.07. The topological polar surface area (TPSA) is 113 Å². The molecule has 154 valence electrons. The molecule has 8 nitrogen and oxygen atoms in total. The van der Waals surface area contributed by atoms with Gasteiger partial charge in [0.2, 0.25) is 5.78 Å². The van der Waals surface area contributed by atoms with Crippen molar-refractivity contribution in [3.8, 4) is 0 Å². The molecule has 1 aliphatic rings. The number of nitrogen functional groups attached to an aromatic ring is 1. The number of nitrogens with two attached hydrogens (primary N) is 1. The number of benzene rings is 1. The normalized spacial score (nSPS) is 14.1. The standard InChI is InChI=1S/C21H25N3O5/c1-23-20(27)18(16(25)13-29-17(26)11-14-7-5-6-8-14)19(22)24(21(23)28)12-15-9-3-2-4-10-15/h2-4,9-10,14H,5-8,11-13,22H2,1H3. The Labute approximate surface area is 167 Å². The molecule has 0 saturated heterocycles. The molecule has 0 radical (unpaired) electrons. The van der Waals surface area contributed by atoms with E-state index in [2.05, 4.69) is 0 Å². The van der Waals surface area contributed by atoms with Crippen LogP contribution in [-0.2, 0) is 23.1 Å². The third-order valence-corrected chi connectivity index (χ3v) is 5.34. The van der Waals surface area contributed by atoms with Gasteiger partial charge < -0.3 is 10.5 Å². The average Bonchev–Trinajstić information content (AvgIpc) is 3.22. The molecule has 1 aromatic heterocycles. The number of Topliss-reactive ketones (excluding diaryl/α,β-unsaturated/α-hetero) is 1. The van der Waals surface area contributed by atoms with Crippen LogP contribution in [0.15, 0.2) is 39.9 Å². The first-order chi connectivity index (χ1) is 13.9. The molecule has 2 aromatic rings. The van der Waals surface area contributed by atoms with E-state index in [0.29, 0.717) is 5.92 Å². The molecule has 0 bridgehead atoms. The van der Waals surface area contributed by atoms with Gasteiger partial charge >= 0.3 is 11.7 Å². The number of carbonyl (C=O) groups is 2. The van der Waals surface area contributed by atoms with Crippen LogP contribution in [0.2, 0.25) is 0 Å². The van der Waals surface area contributed by atoms with E-state index in [1.807, 2.05) is 30.3 Å². The van der Waals surface area contributed by atoms with E-state index in [9.17, 15) is 19.2 Å². The van der Waals surface area contributed by atoms with Crippen molar-refractivity contribution < 1.29 is 14.3 Å². The van der Waals surface area contributed by atoms with Crippen LogP contribution in [0.5, 0.6) is 0 Å². The number of nitrogens with zero attached hydrogens (tertiary/aromatic N) is 2. The average molecular weight is 399 g/mol. The first-order valence-electron chi connectivity index (χ1n) is 9.70. The van der Waals surface area contributed by atoms with Gasteiger partial charge in [-0.1, -0.05) is 43.2 Å². The fourth-order valence-corrected chi connectivity index (χ4v) is 3.69. The van der Waals surface area contributed by atoms with E-state index in [-0.39, 0.29) is 24.3 Å². The highest BCUT2D eigenvalue weighted by Gasteiger charge is 2.24. The molecule has 1 heterocycles. The lowest BCUT2D eigenvalue weighted by Gasteiger charge is -2.15. The summed E-state index contributed by atoms with van der Waals surface area (Å²) in [5.74, 6) is -1.11. The Morgan fingerprint density at radius 2 is 1.79 bits per heavy atom. The molecule has 1 saturated carbocycles. The quantitative estimate of drug-likeness (QED) is 0.557. The maximum absolute atomic E-state index is 12.6. The first kappa shape index (κ1) is 20.6. The van der Waals surface area contributed by atoms with E-state index in [4.69, 9.17) is 10.5 Å². The summed E-state index contributed by atoms with van der Waals surface area (Å²) in [4.78, 5) is 49.6. The Kier molecular flexibility index (Phi) is 6.31. The number of ketones is 1. The van der Waals surface area contributed by atoms with Crippen molar-refractivity contribution in [3.05, 3.63) is 62.3 Å². The summed E-state index contributed by atoms with van der Waals surface area (Å²) < 4.78 is 7.09. The van der Waals surface area contributed by atoms with Crippen LogP contribution >= 0.6 is 0 Å². The van der Waals surface area contributed by atoms with Gasteiger partial charge in [0.05, 0.1) is 6.54 Å². The summed E-state index contributed by atoms with van der Waals surface area (Å²) in [6, 6.07) is 9.08. The van der Waals surface area contributed by atoms with Crippen molar-refractivity contribution in [2.75, 3.05) is 12.3 Å². The molecular formula is C21H25N3O5. The lowest BCUT2D eigenvalue weighted by Crippen LogP contribution is -2.43. The predicted molar refractivity (Wildman–Crippen MR) is 108 cm³/mol. The Hall–Kier alpha value is -3.16. The summed E-state index contributed by atoms with van der Waals surface area (Å²) in [6.45, 7) is -0.462. The Bertz CT molecular complexity index is 1020. The second-order valence-electron chi connectivity index (χ2n) is 7.42. The van der Waals surface area contributed by atoms with Gasteiger partial charge in [-0.3, -0.25) is 23.5 Å². The van der Waals surface area contributed by atoms with Crippen molar-refractivity contribution in [1.29, 1.82) is 0 Å². The van der Waals surface area contributed by atoms with Crippen LogP contribution in [0.4, 0.5) is 5.82 Å². The number of anilines is 1. The second kappa shape index (κ2) is 8.89. The molecule has 3 rings (SSSR count). The van der Waals surface area contributed by atoms with E-state index in [1.54, 1.807) is 0 Å². The minimum absolute atomic E-state index is 0.112. The molecular weight excluding hydrogens is 374 g/mol. The number of hydrogen-bond acceptors (Lipinski definition) is 6.